The van der Waals surface area contributed by atoms with Crippen LogP contribution >= 0.6 is 0 Å². The molecule has 0 bridgehead atoms. The van der Waals surface area contributed by atoms with E-state index in [1.807, 2.05) is 0 Å². The van der Waals surface area contributed by atoms with Gasteiger partial charge in [0.05, 0.1) is 5.56 Å². The summed E-state index contributed by atoms with van der Waals surface area (Å²) in [5.74, 6) is -2.60. The molecule has 0 aliphatic carbocycles. The zero-order chi connectivity index (χ0) is 14.0. The summed E-state index contributed by atoms with van der Waals surface area (Å²) >= 11 is 0. The van der Waals surface area contributed by atoms with Crippen molar-refractivity contribution < 1.29 is 24.3 Å². The molecule has 0 heterocycles. The normalized spacial score (nSPS) is 9.94. The van der Waals surface area contributed by atoms with Crippen LogP contribution in [-0.2, 0) is 0 Å². The molecule has 0 aliphatic heterocycles. The lowest BCUT2D eigenvalue weighted by Gasteiger charge is -2.10. The average Bonchev–Trinajstić information content (AvgIpc) is 2.26. The van der Waals surface area contributed by atoms with E-state index in [4.69, 9.17) is 5.11 Å². The summed E-state index contributed by atoms with van der Waals surface area (Å²) in [4.78, 5) is 45.4. The van der Waals surface area contributed by atoms with Crippen molar-refractivity contribution >= 4 is 23.3 Å². The molecule has 0 spiro atoms. The van der Waals surface area contributed by atoms with Gasteiger partial charge in [-0.15, -0.1) is 0 Å². The summed E-state index contributed by atoms with van der Waals surface area (Å²) in [6, 6.07) is 2.24. The summed E-state index contributed by atoms with van der Waals surface area (Å²) < 4.78 is 0. The monoisotopic (exact) mass is 248 g/mol. The fourth-order valence-corrected chi connectivity index (χ4v) is 1.70. The summed E-state index contributed by atoms with van der Waals surface area (Å²) in [5.41, 5.74) is -0.268. The maximum atomic E-state index is 11.5. The van der Waals surface area contributed by atoms with Crippen LogP contribution < -0.4 is 0 Å². The van der Waals surface area contributed by atoms with Gasteiger partial charge in [-0.05, 0) is 32.9 Å². The lowest BCUT2D eigenvalue weighted by molar-refractivity contribution is 0.0696. The van der Waals surface area contributed by atoms with Gasteiger partial charge < -0.3 is 5.11 Å². The number of Topliss-reactive ketones (excluding diaryl/α,β-unsaturated/α-hetero) is 3. The van der Waals surface area contributed by atoms with Crippen LogP contribution in [0.4, 0.5) is 0 Å². The molecule has 0 aliphatic rings. The molecule has 1 aromatic carbocycles. The predicted molar refractivity (Wildman–Crippen MR) is 63.4 cm³/mol. The minimum absolute atomic E-state index is 0.0139. The fraction of sp³-hybridized carbons (Fsp3) is 0.231. The second-order valence-corrected chi connectivity index (χ2v) is 3.92. The van der Waals surface area contributed by atoms with E-state index in [-0.39, 0.29) is 22.3 Å². The van der Waals surface area contributed by atoms with Crippen LogP contribution in [0.25, 0.3) is 0 Å². The first-order valence-corrected chi connectivity index (χ1v) is 5.19. The summed E-state index contributed by atoms with van der Waals surface area (Å²) in [7, 11) is 0. The second-order valence-electron chi connectivity index (χ2n) is 3.92. The molecule has 1 rings (SSSR count). The van der Waals surface area contributed by atoms with E-state index >= 15 is 0 Å². The number of hydrogen-bond acceptors (Lipinski definition) is 4. The minimum atomic E-state index is -1.25. The van der Waals surface area contributed by atoms with Crippen LogP contribution in [0.1, 0.15) is 62.2 Å². The zero-order valence-corrected chi connectivity index (χ0v) is 10.2. The number of aromatic carboxylic acids is 1. The van der Waals surface area contributed by atoms with E-state index in [0.29, 0.717) is 0 Å². The second kappa shape index (κ2) is 4.91. The van der Waals surface area contributed by atoms with Crippen molar-refractivity contribution in [1.82, 2.24) is 0 Å². The third-order valence-corrected chi connectivity index (χ3v) is 2.50. The van der Waals surface area contributed by atoms with Crippen LogP contribution in [0.15, 0.2) is 12.1 Å². The Hall–Kier alpha value is -2.30. The van der Waals surface area contributed by atoms with Crippen molar-refractivity contribution in [1.29, 1.82) is 0 Å². The van der Waals surface area contributed by atoms with E-state index < -0.39 is 23.3 Å². The first-order valence-electron chi connectivity index (χ1n) is 5.19. The van der Waals surface area contributed by atoms with Gasteiger partial charge in [0.15, 0.2) is 17.3 Å². The van der Waals surface area contributed by atoms with Crippen LogP contribution in [0.3, 0.4) is 0 Å². The highest BCUT2D eigenvalue weighted by Crippen LogP contribution is 2.20. The molecule has 18 heavy (non-hydrogen) atoms. The van der Waals surface area contributed by atoms with Crippen molar-refractivity contribution in [3.63, 3.8) is 0 Å². The number of hydrogen-bond donors (Lipinski definition) is 1. The molecule has 1 aromatic rings. The third kappa shape index (κ3) is 2.51. The van der Waals surface area contributed by atoms with Crippen molar-refractivity contribution in [2.75, 3.05) is 0 Å². The maximum Gasteiger partial charge on any atom is 0.335 e. The van der Waals surface area contributed by atoms with Gasteiger partial charge in [-0.25, -0.2) is 4.79 Å². The van der Waals surface area contributed by atoms with Gasteiger partial charge >= 0.3 is 5.97 Å². The van der Waals surface area contributed by atoms with Crippen LogP contribution in [0.2, 0.25) is 0 Å². The predicted octanol–water partition coefficient (Wildman–Crippen LogP) is 1.99. The Morgan fingerprint density at radius 3 is 1.44 bits per heavy atom. The van der Waals surface area contributed by atoms with Gasteiger partial charge in [0.1, 0.15) is 0 Å². The number of carboxylic acids is 1. The molecule has 5 heteroatoms. The Balaban J connectivity index is 3.76. The Morgan fingerprint density at radius 1 is 0.833 bits per heavy atom. The summed E-state index contributed by atoms with van der Waals surface area (Å²) in [5, 5.41) is 8.92. The molecule has 0 unspecified atom stereocenters. The highest BCUT2D eigenvalue weighted by atomic mass is 16.4. The minimum Gasteiger partial charge on any atom is -0.478 e. The lowest BCUT2D eigenvalue weighted by atomic mass is 9.91. The molecular formula is C13H12O5. The van der Waals surface area contributed by atoms with E-state index in [2.05, 4.69) is 0 Å². The van der Waals surface area contributed by atoms with Gasteiger partial charge in [0.2, 0.25) is 0 Å². The number of carboxylic acid groups (broad SMARTS) is 1. The molecule has 0 saturated heterocycles. The maximum absolute atomic E-state index is 11.5. The summed E-state index contributed by atoms with van der Waals surface area (Å²) in [6.07, 6.45) is 0. The number of ketones is 3. The van der Waals surface area contributed by atoms with Gasteiger partial charge in [-0.3, -0.25) is 14.4 Å². The fourth-order valence-electron chi connectivity index (χ4n) is 1.70. The Labute approximate surface area is 103 Å². The molecule has 1 N–H and O–H groups in total. The quantitative estimate of drug-likeness (QED) is 0.823. The number of carbonyl (C=O) groups excluding carboxylic acids is 3. The van der Waals surface area contributed by atoms with Crippen molar-refractivity contribution in [3.05, 3.63) is 34.4 Å². The average molecular weight is 248 g/mol. The molecule has 0 saturated carbocycles. The molecule has 94 valence electrons. The molecule has 0 aromatic heterocycles. The number of carbonyl (C=O) groups is 4. The van der Waals surface area contributed by atoms with E-state index in [0.717, 1.165) is 12.1 Å². The Kier molecular flexibility index (Phi) is 3.76. The van der Waals surface area contributed by atoms with Crippen molar-refractivity contribution in [2.24, 2.45) is 0 Å². The van der Waals surface area contributed by atoms with Crippen LogP contribution in [0, 0.1) is 0 Å². The van der Waals surface area contributed by atoms with Gasteiger partial charge in [0, 0.05) is 16.7 Å². The molecular weight excluding hydrogens is 236 g/mol. The van der Waals surface area contributed by atoms with Crippen molar-refractivity contribution in [3.8, 4) is 0 Å². The SMILES string of the molecule is CC(=O)c1cc(C(=O)O)cc(C(C)=O)c1C(C)=O. The van der Waals surface area contributed by atoms with Crippen molar-refractivity contribution in [2.45, 2.75) is 20.8 Å². The smallest absolute Gasteiger partial charge is 0.335 e. The number of rotatable bonds is 4. The third-order valence-electron chi connectivity index (χ3n) is 2.50. The highest BCUT2D eigenvalue weighted by molar-refractivity contribution is 6.15. The molecule has 0 fully saturated rings. The first-order chi connectivity index (χ1) is 8.25. The Morgan fingerprint density at radius 2 is 1.22 bits per heavy atom. The standard InChI is InChI=1S/C13H12O5/c1-6(14)10-4-9(13(17)18)5-11(7(2)15)12(10)8(3)16/h4-5H,1-3H3,(H,17,18). The lowest BCUT2D eigenvalue weighted by Crippen LogP contribution is -2.13. The van der Waals surface area contributed by atoms with Gasteiger partial charge in [0.25, 0.3) is 0 Å². The molecule has 0 atom stereocenters. The number of benzene rings is 1. The zero-order valence-electron chi connectivity index (χ0n) is 10.2. The van der Waals surface area contributed by atoms with E-state index in [1.165, 1.54) is 20.8 Å². The van der Waals surface area contributed by atoms with Crippen LogP contribution in [0.5, 0.6) is 0 Å². The Bertz CT molecular complexity index is 534. The largest absolute Gasteiger partial charge is 0.478 e. The van der Waals surface area contributed by atoms with Gasteiger partial charge in [-0.2, -0.15) is 0 Å². The topological polar surface area (TPSA) is 88.5 Å². The van der Waals surface area contributed by atoms with Crippen LogP contribution in [-0.4, -0.2) is 28.4 Å². The van der Waals surface area contributed by atoms with E-state index in [1.54, 1.807) is 0 Å². The molecule has 0 amide bonds. The first kappa shape index (κ1) is 13.8. The van der Waals surface area contributed by atoms with Gasteiger partial charge in [-0.1, -0.05) is 0 Å². The molecule has 5 nitrogen and oxygen atoms in total. The summed E-state index contributed by atoms with van der Waals surface area (Å²) in [6.45, 7) is 3.67. The molecule has 0 radical (unpaired) electrons. The van der Waals surface area contributed by atoms with E-state index in [9.17, 15) is 19.2 Å². The highest BCUT2D eigenvalue weighted by Gasteiger charge is 2.21.